The minimum absolute atomic E-state index is 0.0287. The van der Waals surface area contributed by atoms with E-state index in [2.05, 4.69) is 19.2 Å². The maximum Gasteiger partial charge on any atom is 0.234 e. The molecule has 0 unspecified atom stereocenters. The topological polar surface area (TPSA) is 29.1 Å². The van der Waals surface area contributed by atoms with Crippen molar-refractivity contribution in [3.8, 4) is 0 Å². The van der Waals surface area contributed by atoms with E-state index in [1.165, 1.54) is 0 Å². The van der Waals surface area contributed by atoms with Crippen molar-refractivity contribution in [2.75, 3.05) is 16.8 Å². The number of carbonyl (C=O) groups is 1. The van der Waals surface area contributed by atoms with E-state index in [4.69, 9.17) is 11.6 Å². The van der Waals surface area contributed by atoms with Gasteiger partial charge in [0.2, 0.25) is 5.91 Å². The fraction of sp³-hybridized carbons (Fsp3) is 0.462. The second kappa shape index (κ2) is 6.92. The molecule has 0 bridgehead atoms. The Morgan fingerprint density at radius 3 is 2.82 bits per heavy atom. The molecule has 0 aromatic heterocycles. The highest BCUT2D eigenvalue weighted by Gasteiger charge is 2.06. The summed E-state index contributed by atoms with van der Waals surface area (Å²) in [7, 11) is 0. The molecule has 0 heterocycles. The minimum atomic E-state index is 0.0287. The first kappa shape index (κ1) is 14.4. The monoisotopic (exact) mass is 271 g/mol. The third-order valence-electron chi connectivity index (χ3n) is 2.16. The van der Waals surface area contributed by atoms with Gasteiger partial charge in [-0.15, -0.1) is 0 Å². The minimum Gasteiger partial charge on any atom is -0.325 e. The molecule has 0 saturated carbocycles. The molecule has 0 saturated heterocycles. The van der Waals surface area contributed by atoms with E-state index in [1.54, 1.807) is 17.8 Å². The summed E-state index contributed by atoms with van der Waals surface area (Å²) in [6, 6.07) is 5.50. The third-order valence-corrected chi connectivity index (χ3v) is 3.76. The molecule has 0 radical (unpaired) electrons. The van der Waals surface area contributed by atoms with Crippen molar-refractivity contribution >= 4 is 35.0 Å². The Morgan fingerprint density at radius 1 is 1.47 bits per heavy atom. The van der Waals surface area contributed by atoms with Crippen LogP contribution in [0.4, 0.5) is 5.69 Å². The van der Waals surface area contributed by atoms with Crippen molar-refractivity contribution in [3.05, 3.63) is 28.8 Å². The van der Waals surface area contributed by atoms with Crippen molar-refractivity contribution in [2.24, 2.45) is 5.92 Å². The van der Waals surface area contributed by atoms with Gasteiger partial charge in [-0.3, -0.25) is 4.79 Å². The van der Waals surface area contributed by atoms with Crippen molar-refractivity contribution in [1.82, 2.24) is 0 Å². The normalized spacial score (nSPS) is 10.6. The molecule has 1 rings (SSSR count). The van der Waals surface area contributed by atoms with Gasteiger partial charge in [-0.05, 0) is 36.3 Å². The van der Waals surface area contributed by atoms with Gasteiger partial charge in [0.15, 0.2) is 0 Å². The number of amides is 1. The van der Waals surface area contributed by atoms with Crippen molar-refractivity contribution in [3.63, 3.8) is 0 Å². The standard InChI is InChI=1S/C13H18ClNOS/c1-9(2)7-17-8-13(16)15-12-6-11(14)5-4-10(12)3/h4-6,9H,7-8H2,1-3H3,(H,15,16). The van der Waals surface area contributed by atoms with Crippen molar-refractivity contribution in [2.45, 2.75) is 20.8 Å². The molecule has 0 aliphatic carbocycles. The predicted octanol–water partition coefficient (Wildman–Crippen LogP) is 3.98. The number of rotatable bonds is 5. The first-order valence-corrected chi connectivity index (χ1v) is 7.16. The largest absolute Gasteiger partial charge is 0.325 e. The van der Waals surface area contributed by atoms with Crippen LogP contribution in [0.25, 0.3) is 0 Å². The lowest BCUT2D eigenvalue weighted by Gasteiger charge is -2.09. The molecule has 0 aliphatic heterocycles. The Bertz CT molecular complexity index is 393. The van der Waals surface area contributed by atoms with E-state index in [0.29, 0.717) is 16.7 Å². The predicted molar refractivity (Wildman–Crippen MR) is 77.0 cm³/mol. The van der Waals surface area contributed by atoms with E-state index in [1.807, 2.05) is 19.1 Å². The number of carbonyl (C=O) groups excluding carboxylic acids is 1. The molecule has 17 heavy (non-hydrogen) atoms. The summed E-state index contributed by atoms with van der Waals surface area (Å²) in [6.07, 6.45) is 0. The Kier molecular flexibility index (Phi) is 5.86. The zero-order chi connectivity index (χ0) is 12.8. The molecule has 1 N–H and O–H groups in total. The summed E-state index contributed by atoms with van der Waals surface area (Å²) >= 11 is 7.54. The van der Waals surface area contributed by atoms with Crippen LogP contribution in [0.3, 0.4) is 0 Å². The summed E-state index contributed by atoms with van der Waals surface area (Å²) < 4.78 is 0. The molecule has 94 valence electrons. The third kappa shape index (κ3) is 5.46. The molecule has 1 amide bonds. The van der Waals surface area contributed by atoms with Crippen LogP contribution in [0.2, 0.25) is 5.02 Å². The van der Waals surface area contributed by atoms with Crippen LogP contribution < -0.4 is 5.32 Å². The van der Waals surface area contributed by atoms with Crippen LogP contribution in [-0.4, -0.2) is 17.4 Å². The number of halogens is 1. The summed E-state index contributed by atoms with van der Waals surface area (Å²) in [5.41, 5.74) is 1.82. The number of nitrogens with one attached hydrogen (secondary N) is 1. The van der Waals surface area contributed by atoms with Crippen LogP contribution in [0.5, 0.6) is 0 Å². The zero-order valence-corrected chi connectivity index (χ0v) is 12.0. The quantitative estimate of drug-likeness (QED) is 0.878. The van der Waals surface area contributed by atoms with Crippen LogP contribution in [0.1, 0.15) is 19.4 Å². The van der Waals surface area contributed by atoms with Gasteiger partial charge in [-0.1, -0.05) is 31.5 Å². The van der Waals surface area contributed by atoms with Gasteiger partial charge in [-0.25, -0.2) is 0 Å². The van der Waals surface area contributed by atoms with Gasteiger partial charge in [-0.2, -0.15) is 11.8 Å². The Balaban J connectivity index is 2.47. The van der Waals surface area contributed by atoms with Crippen LogP contribution in [0, 0.1) is 12.8 Å². The van der Waals surface area contributed by atoms with Gasteiger partial charge in [0.05, 0.1) is 5.75 Å². The van der Waals surface area contributed by atoms with E-state index < -0.39 is 0 Å². The molecular formula is C13H18ClNOS. The smallest absolute Gasteiger partial charge is 0.234 e. The number of hydrogen-bond donors (Lipinski definition) is 1. The SMILES string of the molecule is Cc1ccc(Cl)cc1NC(=O)CSCC(C)C. The maximum absolute atomic E-state index is 11.7. The number of anilines is 1. The van der Waals surface area contributed by atoms with Gasteiger partial charge in [0.25, 0.3) is 0 Å². The lowest BCUT2D eigenvalue weighted by atomic mass is 10.2. The molecule has 0 spiro atoms. The number of benzene rings is 1. The second-order valence-electron chi connectivity index (χ2n) is 4.42. The second-order valence-corrected chi connectivity index (χ2v) is 5.88. The van der Waals surface area contributed by atoms with E-state index in [-0.39, 0.29) is 5.91 Å². The average molecular weight is 272 g/mol. The molecule has 1 aromatic carbocycles. The van der Waals surface area contributed by atoms with Crippen LogP contribution >= 0.6 is 23.4 Å². The molecule has 1 aromatic rings. The van der Waals surface area contributed by atoms with Crippen molar-refractivity contribution in [1.29, 1.82) is 0 Å². The zero-order valence-electron chi connectivity index (χ0n) is 10.4. The lowest BCUT2D eigenvalue weighted by molar-refractivity contribution is -0.113. The van der Waals surface area contributed by atoms with Crippen molar-refractivity contribution < 1.29 is 4.79 Å². The molecule has 4 heteroatoms. The first-order chi connectivity index (χ1) is 7.99. The van der Waals surface area contributed by atoms with E-state index in [9.17, 15) is 4.79 Å². The molecule has 0 atom stereocenters. The summed E-state index contributed by atoms with van der Waals surface area (Å²) in [5, 5.41) is 3.52. The van der Waals surface area contributed by atoms with Gasteiger partial charge in [0.1, 0.15) is 0 Å². The highest BCUT2D eigenvalue weighted by Crippen LogP contribution is 2.20. The van der Waals surface area contributed by atoms with Crippen LogP contribution in [0.15, 0.2) is 18.2 Å². The molecular weight excluding hydrogens is 254 g/mol. The summed E-state index contributed by atoms with van der Waals surface area (Å²) in [6.45, 7) is 6.24. The lowest BCUT2D eigenvalue weighted by Crippen LogP contribution is -2.15. The van der Waals surface area contributed by atoms with Crippen LogP contribution in [-0.2, 0) is 4.79 Å². The molecule has 0 fully saturated rings. The first-order valence-electron chi connectivity index (χ1n) is 5.62. The maximum atomic E-state index is 11.7. The summed E-state index contributed by atoms with van der Waals surface area (Å²) in [5.74, 6) is 2.13. The number of thioether (sulfide) groups is 1. The fourth-order valence-corrected chi connectivity index (χ4v) is 2.32. The fourth-order valence-electron chi connectivity index (χ4n) is 1.30. The molecule has 0 aliphatic rings. The number of hydrogen-bond acceptors (Lipinski definition) is 2. The molecule has 2 nitrogen and oxygen atoms in total. The van der Waals surface area contributed by atoms with Gasteiger partial charge in [0, 0.05) is 10.7 Å². The van der Waals surface area contributed by atoms with E-state index >= 15 is 0 Å². The average Bonchev–Trinajstić information content (AvgIpc) is 2.23. The Labute approximate surface area is 112 Å². The highest BCUT2D eigenvalue weighted by molar-refractivity contribution is 7.99. The Hall–Kier alpha value is -0.670. The summed E-state index contributed by atoms with van der Waals surface area (Å²) in [4.78, 5) is 11.7. The number of aryl methyl sites for hydroxylation is 1. The van der Waals surface area contributed by atoms with Gasteiger partial charge < -0.3 is 5.32 Å². The highest BCUT2D eigenvalue weighted by atomic mass is 35.5. The Morgan fingerprint density at radius 2 is 2.18 bits per heavy atom. The van der Waals surface area contributed by atoms with E-state index in [0.717, 1.165) is 17.0 Å². The van der Waals surface area contributed by atoms with Gasteiger partial charge >= 0.3 is 0 Å².